The Morgan fingerprint density at radius 3 is 2.63 bits per heavy atom. The molecule has 4 atom stereocenters. The standard InChI is InChI=1S/C21H28N2O4/c1-14(24)11-17(25)12-16(15-5-3-2-4-6-15)13-18-19-7-8-20(21(26)27)23(19)10-9-22-18/h2-6,16,18-20,22H,7-13H2,1H3,(H,26,27). The number of fused-ring (bicyclic) bond motifs is 1. The lowest BCUT2D eigenvalue weighted by molar-refractivity contribution is -0.143. The highest BCUT2D eigenvalue weighted by Gasteiger charge is 2.43. The zero-order valence-corrected chi connectivity index (χ0v) is 15.8. The quantitative estimate of drug-likeness (QED) is 0.679. The van der Waals surface area contributed by atoms with Crippen LogP contribution >= 0.6 is 0 Å². The monoisotopic (exact) mass is 372 g/mol. The maximum Gasteiger partial charge on any atom is 0.320 e. The molecule has 0 radical (unpaired) electrons. The zero-order valence-electron chi connectivity index (χ0n) is 15.8. The average molecular weight is 372 g/mol. The molecular formula is C21H28N2O4. The third-order valence-corrected chi connectivity index (χ3v) is 5.82. The van der Waals surface area contributed by atoms with Crippen molar-refractivity contribution in [1.82, 2.24) is 10.2 Å². The summed E-state index contributed by atoms with van der Waals surface area (Å²) >= 11 is 0. The molecule has 146 valence electrons. The molecule has 4 unspecified atom stereocenters. The lowest BCUT2D eigenvalue weighted by Gasteiger charge is -2.40. The molecule has 0 bridgehead atoms. The number of ketones is 2. The molecule has 2 fully saturated rings. The van der Waals surface area contributed by atoms with E-state index >= 15 is 0 Å². The van der Waals surface area contributed by atoms with Crippen molar-refractivity contribution in [3.05, 3.63) is 35.9 Å². The summed E-state index contributed by atoms with van der Waals surface area (Å²) in [6.45, 7) is 2.95. The van der Waals surface area contributed by atoms with Crippen LogP contribution in [0.5, 0.6) is 0 Å². The minimum Gasteiger partial charge on any atom is -0.480 e. The van der Waals surface area contributed by atoms with Gasteiger partial charge in [-0.3, -0.25) is 19.3 Å². The highest BCUT2D eigenvalue weighted by atomic mass is 16.4. The van der Waals surface area contributed by atoms with Gasteiger partial charge in [0.1, 0.15) is 17.6 Å². The molecule has 6 heteroatoms. The summed E-state index contributed by atoms with van der Waals surface area (Å²) in [5.74, 6) is -0.846. The third kappa shape index (κ3) is 4.82. The lowest BCUT2D eigenvalue weighted by Crippen LogP contribution is -2.58. The van der Waals surface area contributed by atoms with Crippen LogP contribution in [0.1, 0.15) is 50.5 Å². The minimum atomic E-state index is -0.741. The molecule has 0 amide bonds. The number of Topliss-reactive ketones (excluding diaryl/α,β-unsaturated/α-hetero) is 2. The molecule has 2 heterocycles. The van der Waals surface area contributed by atoms with Crippen LogP contribution in [0, 0.1) is 0 Å². The van der Waals surface area contributed by atoms with Crippen LogP contribution in [-0.4, -0.2) is 58.8 Å². The Bertz CT molecular complexity index is 691. The van der Waals surface area contributed by atoms with E-state index in [1.807, 2.05) is 30.3 Å². The Hall–Kier alpha value is -2.05. The normalized spacial score (nSPS) is 26.3. The molecule has 2 aliphatic heterocycles. The molecule has 0 spiro atoms. The summed E-state index contributed by atoms with van der Waals surface area (Å²) in [6.07, 6.45) is 2.63. The number of hydrogen-bond acceptors (Lipinski definition) is 5. The molecule has 2 aliphatic rings. The van der Waals surface area contributed by atoms with Gasteiger partial charge in [0.2, 0.25) is 0 Å². The Morgan fingerprint density at radius 1 is 1.22 bits per heavy atom. The Balaban J connectivity index is 1.74. The van der Waals surface area contributed by atoms with E-state index in [0.717, 1.165) is 31.5 Å². The second kappa shape index (κ2) is 8.76. The molecule has 2 N–H and O–H groups in total. The zero-order chi connectivity index (χ0) is 19.4. The highest BCUT2D eigenvalue weighted by Crippen LogP contribution is 2.34. The van der Waals surface area contributed by atoms with Gasteiger partial charge in [-0.1, -0.05) is 30.3 Å². The first kappa shape index (κ1) is 19.7. The number of carboxylic acid groups (broad SMARTS) is 1. The topological polar surface area (TPSA) is 86.7 Å². The molecular weight excluding hydrogens is 344 g/mol. The number of rotatable bonds is 8. The molecule has 3 rings (SSSR count). The van der Waals surface area contributed by atoms with Gasteiger partial charge in [0.25, 0.3) is 0 Å². The van der Waals surface area contributed by atoms with E-state index < -0.39 is 12.0 Å². The Kier molecular flexibility index (Phi) is 6.39. The Morgan fingerprint density at radius 2 is 1.96 bits per heavy atom. The van der Waals surface area contributed by atoms with E-state index in [2.05, 4.69) is 10.2 Å². The van der Waals surface area contributed by atoms with Gasteiger partial charge in [0, 0.05) is 31.6 Å². The fourth-order valence-corrected chi connectivity index (χ4v) is 4.66. The number of nitrogens with zero attached hydrogens (tertiary/aromatic N) is 1. The molecule has 1 aromatic rings. The van der Waals surface area contributed by atoms with Crippen LogP contribution in [0.4, 0.5) is 0 Å². The molecule has 6 nitrogen and oxygen atoms in total. The number of hydrogen-bond donors (Lipinski definition) is 2. The first-order valence-corrected chi connectivity index (χ1v) is 9.73. The number of carbonyl (C=O) groups is 3. The van der Waals surface area contributed by atoms with E-state index in [0.29, 0.717) is 12.8 Å². The smallest absolute Gasteiger partial charge is 0.320 e. The van der Waals surface area contributed by atoms with Crippen LogP contribution in [-0.2, 0) is 14.4 Å². The largest absolute Gasteiger partial charge is 0.480 e. The molecule has 0 aliphatic carbocycles. The van der Waals surface area contributed by atoms with E-state index in [9.17, 15) is 19.5 Å². The van der Waals surface area contributed by atoms with E-state index in [1.165, 1.54) is 6.92 Å². The van der Waals surface area contributed by atoms with Gasteiger partial charge >= 0.3 is 5.97 Å². The average Bonchev–Trinajstić information content (AvgIpc) is 3.06. The number of carbonyl (C=O) groups excluding carboxylic acids is 2. The van der Waals surface area contributed by atoms with E-state index in [4.69, 9.17) is 0 Å². The van der Waals surface area contributed by atoms with E-state index in [-0.39, 0.29) is 36.0 Å². The van der Waals surface area contributed by atoms with Crippen LogP contribution in [0.3, 0.4) is 0 Å². The summed E-state index contributed by atoms with van der Waals surface area (Å²) in [4.78, 5) is 37.3. The predicted molar refractivity (Wildman–Crippen MR) is 102 cm³/mol. The second-order valence-corrected chi connectivity index (χ2v) is 7.76. The SMILES string of the molecule is CC(=O)CC(=O)CC(CC1NCCN2C(C(=O)O)CCC12)c1ccccc1. The first-order chi connectivity index (χ1) is 13.0. The van der Waals surface area contributed by atoms with Gasteiger partial charge in [-0.05, 0) is 37.7 Å². The van der Waals surface area contributed by atoms with Gasteiger partial charge in [0.15, 0.2) is 0 Å². The molecule has 0 aromatic heterocycles. The van der Waals surface area contributed by atoms with Crippen molar-refractivity contribution in [2.75, 3.05) is 13.1 Å². The van der Waals surface area contributed by atoms with Crippen LogP contribution in [0.25, 0.3) is 0 Å². The maximum atomic E-state index is 12.3. The van der Waals surface area contributed by atoms with Crippen molar-refractivity contribution in [3.8, 4) is 0 Å². The second-order valence-electron chi connectivity index (χ2n) is 7.76. The Labute approximate surface area is 159 Å². The van der Waals surface area contributed by atoms with Gasteiger partial charge < -0.3 is 10.4 Å². The van der Waals surface area contributed by atoms with Crippen molar-refractivity contribution in [2.24, 2.45) is 0 Å². The van der Waals surface area contributed by atoms with Crippen molar-refractivity contribution in [3.63, 3.8) is 0 Å². The highest BCUT2D eigenvalue weighted by molar-refractivity contribution is 5.98. The van der Waals surface area contributed by atoms with Gasteiger partial charge in [-0.25, -0.2) is 0 Å². The summed E-state index contributed by atoms with van der Waals surface area (Å²) in [5.41, 5.74) is 1.10. The number of benzene rings is 1. The van der Waals surface area contributed by atoms with Crippen molar-refractivity contribution in [1.29, 1.82) is 0 Å². The summed E-state index contributed by atoms with van der Waals surface area (Å²) in [7, 11) is 0. The molecule has 1 aromatic carbocycles. The number of piperazine rings is 1. The number of aliphatic carboxylic acids is 1. The minimum absolute atomic E-state index is 0.0158. The number of nitrogens with one attached hydrogen (secondary N) is 1. The molecule has 2 saturated heterocycles. The summed E-state index contributed by atoms with van der Waals surface area (Å²) in [5, 5.41) is 13.0. The van der Waals surface area contributed by atoms with E-state index in [1.54, 1.807) is 0 Å². The van der Waals surface area contributed by atoms with Gasteiger partial charge in [-0.15, -0.1) is 0 Å². The fourth-order valence-electron chi connectivity index (χ4n) is 4.66. The van der Waals surface area contributed by atoms with Crippen LogP contribution < -0.4 is 5.32 Å². The summed E-state index contributed by atoms with van der Waals surface area (Å²) in [6, 6.07) is 9.89. The van der Waals surface area contributed by atoms with Gasteiger partial charge in [0.05, 0.1) is 6.42 Å². The van der Waals surface area contributed by atoms with Crippen molar-refractivity contribution < 1.29 is 19.5 Å². The lowest BCUT2D eigenvalue weighted by atomic mass is 9.84. The van der Waals surface area contributed by atoms with Crippen molar-refractivity contribution >= 4 is 17.5 Å². The maximum absolute atomic E-state index is 12.3. The first-order valence-electron chi connectivity index (χ1n) is 9.73. The fraction of sp³-hybridized carbons (Fsp3) is 0.571. The van der Waals surface area contributed by atoms with Gasteiger partial charge in [-0.2, -0.15) is 0 Å². The van der Waals surface area contributed by atoms with Crippen LogP contribution in [0.15, 0.2) is 30.3 Å². The predicted octanol–water partition coefficient (Wildman–Crippen LogP) is 1.99. The third-order valence-electron chi connectivity index (χ3n) is 5.82. The number of carboxylic acids is 1. The van der Waals surface area contributed by atoms with Crippen LogP contribution in [0.2, 0.25) is 0 Å². The van der Waals surface area contributed by atoms with Crippen molar-refractivity contribution in [2.45, 2.75) is 63.1 Å². The molecule has 0 saturated carbocycles. The molecule has 27 heavy (non-hydrogen) atoms. The summed E-state index contributed by atoms with van der Waals surface area (Å²) < 4.78 is 0.